The molecule has 70 valence electrons. The monoisotopic (exact) mass is 189 g/mol. The van der Waals surface area contributed by atoms with Gasteiger partial charge in [-0.3, -0.25) is 4.79 Å². The van der Waals surface area contributed by atoms with Gasteiger partial charge in [0.2, 0.25) is 0 Å². The van der Waals surface area contributed by atoms with Crippen LogP contribution in [0.1, 0.15) is 19.3 Å². The van der Waals surface area contributed by atoms with Crippen LogP contribution in [-0.2, 0) is 9.53 Å². The van der Waals surface area contributed by atoms with Crippen LogP contribution in [0.5, 0.6) is 0 Å². The summed E-state index contributed by atoms with van der Waals surface area (Å²) in [7, 11) is 1.44. The number of methoxy groups -OCH3 is 1. The zero-order valence-corrected chi connectivity index (χ0v) is 8.15. The van der Waals surface area contributed by atoms with Gasteiger partial charge in [-0.05, 0) is 12.8 Å². The number of carbonyl (C=O) groups excluding carboxylic acids is 1. The van der Waals surface area contributed by atoms with Gasteiger partial charge in [0.1, 0.15) is 0 Å². The number of hydrogen-bond donors (Lipinski definition) is 1. The molecular weight excluding hydrogens is 174 g/mol. The molecule has 1 heterocycles. The molecule has 0 bridgehead atoms. The van der Waals surface area contributed by atoms with Crippen molar-refractivity contribution in [3.8, 4) is 0 Å². The van der Waals surface area contributed by atoms with E-state index in [1.165, 1.54) is 12.9 Å². The maximum Gasteiger partial charge on any atom is 0.305 e. The van der Waals surface area contributed by atoms with Crippen LogP contribution in [0.2, 0.25) is 0 Å². The molecule has 1 unspecified atom stereocenters. The Labute approximate surface area is 77.2 Å². The highest BCUT2D eigenvalue weighted by molar-refractivity contribution is 8.00. The second-order valence-corrected chi connectivity index (χ2v) is 4.09. The fraction of sp³-hybridized carbons (Fsp3) is 0.875. The molecule has 0 spiro atoms. The summed E-state index contributed by atoms with van der Waals surface area (Å²) in [5.74, 6) is 1.10. The van der Waals surface area contributed by atoms with Crippen molar-refractivity contribution in [2.75, 3.05) is 19.4 Å². The summed E-state index contributed by atoms with van der Waals surface area (Å²) in [4.78, 5) is 10.7. The highest BCUT2D eigenvalue weighted by atomic mass is 32.2. The lowest BCUT2D eigenvalue weighted by Gasteiger charge is -2.07. The molecule has 1 rings (SSSR count). The largest absolute Gasteiger partial charge is 0.469 e. The van der Waals surface area contributed by atoms with E-state index in [9.17, 15) is 4.79 Å². The predicted octanol–water partition coefficient (Wildman–Crippen LogP) is 0.992. The van der Waals surface area contributed by atoms with Crippen LogP contribution in [0, 0.1) is 0 Å². The Morgan fingerprint density at radius 1 is 1.75 bits per heavy atom. The summed E-state index contributed by atoms with van der Waals surface area (Å²) in [6.07, 6.45) is 2.55. The minimum atomic E-state index is -0.0991. The molecule has 0 radical (unpaired) electrons. The quantitative estimate of drug-likeness (QED) is 0.669. The molecular formula is C8H15NO2S. The molecule has 1 N–H and O–H groups in total. The van der Waals surface area contributed by atoms with Crippen LogP contribution < -0.4 is 5.32 Å². The molecule has 0 aliphatic carbocycles. The summed E-state index contributed by atoms with van der Waals surface area (Å²) >= 11 is 1.94. The van der Waals surface area contributed by atoms with Crippen LogP contribution in [0.25, 0.3) is 0 Å². The van der Waals surface area contributed by atoms with E-state index in [2.05, 4.69) is 10.1 Å². The number of rotatable bonds is 4. The van der Waals surface area contributed by atoms with E-state index in [0.717, 1.165) is 19.4 Å². The molecule has 0 saturated carbocycles. The first-order valence-corrected chi connectivity index (χ1v) is 5.29. The average Bonchev–Trinajstić information content (AvgIpc) is 2.57. The van der Waals surface area contributed by atoms with Crippen molar-refractivity contribution in [2.24, 2.45) is 0 Å². The Morgan fingerprint density at radius 2 is 2.58 bits per heavy atom. The van der Waals surface area contributed by atoms with E-state index in [1.807, 2.05) is 11.8 Å². The van der Waals surface area contributed by atoms with Gasteiger partial charge in [0, 0.05) is 18.7 Å². The average molecular weight is 189 g/mol. The minimum absolute atomic E-state index is 0.0991. The molecule has 0 aromatic heterocycles. The Hall–Kier alpha value is -0.220. The van der Waals surface area contributed by atoms with E-state index in [1.54, 1.807) is 0 Å². The molecule has 0 amide bonds. The first-order chi connectivity index (χ1) is 5.83. The second kappa shape index (κ2) is 5.43. The summed E-state index contributed by atoms with van der Waals surface area (Å²) in [6, 6.07) is 0. The maximum atomic E-state index is 10.7. The van der Waals surface area contributed by atoms with Gasteiger partial charge < -0.3 is 10.1 Å². The third-order valence-corrected chi connectivity index (χ3v) is 3.11. The summed E-state index contributed by atoms with van der Waals surface area (Å²) in [5.41, 5.74) is 0. The van der Waals surface area contributed by atoms with E-state index < -0.39 is 0 Å². The van der Waals surface area contributed by atoms with Gasteiger partial charge in [0.05, 0.1) is 12.5 Å². The van der Waals surface area contributed by atoms with Crippen molar-refractivity contribution in [3.05, 3.63) is 0 Å². The lowest BCUT2D eigenvalue weighted by Crippen LogP contribution is -2.19. The van der Waals surface area contributed by atoms with E-state index in [0.29, 0.717) is 11.8 Å². The van der Waals surface area contributed by atoms with Crippen molar-refractivity contribution >= 4 is 17.7 Å². The van der Waals surface area contributed by atoms with Gasteiger partial charge in [-0.2, -0.15) is 0 Å². The SMILES string of the molecule is COC(=O)CCCC1NCCS1. The highest BCUT2D eigenvalue weighted by Gasteiger charge is 2.14. The Morgan fingerprint density at radius 3 is 3.17 bits per heavy atom. The number of hydrogen-bond acceptors (Lipinski definition) is 4. The lowest BCUT2D eigenvalue weighted by atomic mass is 10.2. The van der Waals surface area contributed by atoms with Crippen molar-refractivity contribution in [2.45, 2.75) is 24.6 Å². The molecule has 1 atom stereocenters. The van der Waals surface area contributed by atoms with Crippen molar-refractivity contribution in [3.63, 3.8) is 0 Å². The number of thioether (sulfide) groups is 1. The molecule has 1 fully saturated rings. The van der Waals surface area contributed by atoms with Crippen molar-refractivity contribution < 1.29 is 9.53 Å². The minimum Gasteiger partial charge on any atom is -0.469 e. The third-order valence-electron chi connectivity index (χ3n) is 1.87. The van der Waals surface area contributed by atoms with Crippen LogP contribution >= 0.6 is 11.8 Å². The van der Waals surface area contributed by atoms with Crippen LogP contribution in [0.3, 0.4) is 0 Å². The van der Waals surface area contributed by atoms with Crippen LogP contribution in [-0.4, -0.2) is 30.8 Å². The first kappa shape index (κ1) is 9.86. The molecule has 0 aromatic carbocycles. The van der Waals surface area contributed by atoms with E-state index in [4.69, 9.17) is 0 Å². The second-order valence-electron chi connectivity index (χ2n) is 2.78. The summed E-state index contributed by atoms with van der Waals surface area (Å²) in [6.45, 7) is 1.10. The number of esters is 1. The zero-order chi connectivity index (χ0) is 8.81. The standard InChI is InChI=1S/C8H15NO2S/c1-11-8(10)4-2-3-7-9-5-6-12-7/h7,9H,2-6H2,1H3. The molecule has 1 aliphatic heterocycles. The Balaban J connectivity index is 1.97. The highest BCUT2D eigenvalue weighted by Crippen LogP contribution is 2.18. The first-order valence-electron chi connectivity index (χ1n) is 4.24. The van der Waals surface area contributed by atoms with Crippen molar-refractivity contribution in [1.29, 1.82) is 0 Å². The normalized spacial score (nSPS) is 22.6. The topological polar surface area (TPSA) is 38.3 Å². The van der Waals surface area contributed by atoms with Crippen LogP contribution in [0.15, 0.2) is 0 Å². The predicted molar refractivity (Wildman–Crippen MR) is 50.1 cm³/mol. The van der Waals surface area contributed by atoms with Gasteiger partial charge in [0.15, 0.2) is 0 Å². The molecule has 0 aromatic rings. The van der Waals surface area contributed by atoms with Crippen LogP contribution in [0.4, 0.5) is 0 Å². The Bertz CT molecular complexity index is 146. The number of carbonyl (C=O) groups is 1. The molecule has 4 heteroatoms. The number of ether oxygens (including phenoxy) is 1. The maximum absolute atomic E-state index is 10.7. The molecule has 1 saturated heterocycles. The number of nitrogens with one attached hydrogen (secondary N) is 1. The molecule has 1 aliphatic rings. The third kappa shape index (κ3) is 3.45. The fourth-order valence-electron chi connectivity index (χ4n) is 1.20. The fourth-order valence-corrected chi connectivity index (χ4v) is 2.29. The van der Waals surface area contributed by atoms with Gasteiger partial charge in [-0.1, -0.05) is 0 Å². The lowest BCUT2D eigenvalue weighted by molar-refractivity contribution is -0.140. The zero-order valence-electron chi connectivity index (χ0n) is 7.34. The van der Waals surface area contributed by atoms with E-state index >= 15 is 0 Å². The molecule has 3 nitrogen and oxygen atoms in total. The Kier molecular flexibility index (Phi) is 4.46. The van der Waals surface area contributed by atoms with E-state index in [-0.39, 0.29) is 5.97 Å². The van der Waals surface area contributed by atoms with Crippen molar-refractivity contribution in [1.82, 2.24) is 5.32 Å². The molecule has 12 heavy (non-hydrogen) atoms. The van der Waals surface area contributed by atoms with Gasteiger partial charge in [-0.25, -0.2) is 0 Å². The van der Waals surface area contributed by atoms with Gasteiger partial charge in [-0.15, -0.1) is 11.8 Å². The van der Waals surface area contributed by atoms with Gasteiger partial charge in [0.25, 0.3) is 0 Å². The summed E-state index contributed by atoms with van der Waals surface area (Å²) < 4.78 is 4.55. The summed E-state index contributed by atoms with van der Waals surface area (Å²) in [5, 5.41) is 3.92. The smallest absolute Gasteiger partial charge is 0.305 e. The van der Waals surface area contributed by atoms with Gasteiger partial charge >= 0.3 is 5.97 Å².